The Bertz CT molecular complexity index is 391. The van der Waals surface area contributed by atoms with Gasteiger partial charge in [0.15, 0.2) is 0 Å². The second-order valence-electron chi connectivity index (χ2n) is 3.90. The van der Waals surface area contributed by atoms with E-state index in [0.29, 0.717) is 11.3 Å². The molecule has 0 aromatic heterocycles. The number of para-hydroxylation sites is 1. The minimum Gasteiger partial charge on any atom is -0.323 e. The molecule has 1 aromatic rings. The summed E-state index contributed by atoms with van der Waals surface area (Å²) in [6.07, 6.45) is 1.88. The average Bonchev–Trinajstić information content (AvgIpc) is 2.50. The van der Waals surface area contributed by atoms with E-state index in [1.807, 2.05) is 6.92 Å². The van der Waals surface area contributed by atoms with Crippen molar-refractivity contribution in [3.05, 3.63) is 29.8 Å². The fourth-order valence-corrected chi connectivity index (χ4v) is 1.95. The van der Waals surface area contributed by atoms with Gasteiger partial charge in [-0.15, -0.1) is 0 Å². The van der Waals surface area contributed by atoms with Crippen LogP contribution in [0.25, 0.3) is 0 Å². The lowest BCUT2D eigenvalue weighted by Gasteiger charge is -2.16. The third kappa shape index (κ3) is 1.52. The fraction of sp³-hybridized carbons (Fsp3) is 0.417. The highest BCUT2D eigenvalue weighted by molar-refractivity contribution is 6.04. The number of unbranched alkanes of at least 4 members (excludes halogenated alkanes) is 1. The van der Waals surface area contributed by atoms with E-state index in [-0.39, 0.29) is 6.42 Å². The summed E-state index contributed by atoms with van der Waals surface area (Å²) in [6, 6.07) is 6.98. The van der Waals surface area contributed by atoms with E-state index in [0.717, 1.165) is 12.8 Å². The predicted molar refractivity (Wildman–Crippen MR) is 57.4 cm³/mol. The Balaban J connectivity index is 2.36. The third-order valence-corrected chi connectivity index (χ3v) is 2.84. The molecule has 0 saturated carbocycles. The first-order valence-electron chi connectivity index (χ1n) is 5.28. The van der Waals surface area contributed by atoms with E-state index in [1.54, 1.807) is 24.3 Å². The number of hydrogen-bond donors (Lipinski definition) is 1. The molecule has 1 aromatic carbocycles. The van der Waals surface area contributed by atoms with Gasteiger partial charge in [-0.05, 0) is 18.9 Å². The molecular formula is C12H14FNO. The Kier molecular flexibility index (Phi) is 2.47. The number of fused-ring (bicyclic) bond motifs is 1. The lowest BCUT2D eigenvalue weighted by Crippen LogP contribution is -2.29. The molecule has 15 heavy (non-hydrogen) atoms. The van der Waals surface area contributed by atoms with E-state index in [4.69, 9.17) is 0 Å². The molecule has 1 heterocycles. The van der Waals surface area contributed by atoms with Crippen LogP contribution < -0.4 is 5.32 Å². The van der Waals surface area contributed by atoms with Gasteiger partial charge >= 0.3 is 0 Å². The van der Waals surface area contributed by atoms with Crippen molar-refractivity contribution in [3.8, 4) is 0 Å². The van der Waals surface area contributed by atoms with Crippen LogP contribution in [0, 0.1) is 0 Å². The smallest absolute Gasteiger partial charge is 0.266 e. The molecule has 1 aliphatic heterocycles. The van der Waals surface area contributed by atoms with Crippen molar-refractivity contribution < 1.29 is 9.18 Å². The zero-order chi connectivity index (χ0) is 10.9. The first-order chi connectivity index (χ1) is 7.18. The van der Waals surface area contributed by atoms with Crippen molar-refractivity contribution in [2.24, 2.45) is 0 Å². The highest BCUT2D eigenvalue weighted by Crippen LogP contribution is 2.42. The molecule has 2 rings (SSSR count). The molecule has 1 aliphatic rings. The lowest BCUT2D eigenvalue weighted by molar-refractivity contribution is -0.127. The minimum atomic E-state index is -1.81. The molecule has 0 fully saturated rings. The number of halogens is 1. The molecule has 0 spiro atoms. The maximum atomic E-state index is 14.5. The number of benzene rings is 1. The topological polar surface area (TPSA) is 29.1 Å². The van der Waals surface area contributed by atoms with E-state index in [9.17, 15) is 9.18 Å². The molecule has 2 nitrogen and oxygen atoms in total. The zero-order valence-corrected chi connectivity index (χ0v) is 8.72. The quantitative estimate of drug-likeness (QED) is 0.811. The Hall–Kier alpha value is -1.38. The summed E-state index contributed by atoms with van der Waals surface area (Å²) < 4.78 is 14.5. The minimum absolute atomic E-state index is 0.270. The Morgan fingerprint density at radius 3 is 2.87 bits per heavy atom. The van der Waals surface area contributed by atoms with Crippen LogP contribution in [0.4, 0.5) is 10.1 Å². The zero-order valence-electron chi connectivity index (χ0n) is 8.72. The number of rotatable bonds is 3. The molecular weight excluding hydrogens is 193 g/mol. The highest BCUT2D eigenvalue weighted by atomic mass is 19.1. The van der Waals surface area contributed by atoms with Crippen molar-refractivity contribution >= 4 is 11.6 Å². The number of hydrogen-bond acceptors (Lipinski definition) is 1. The Morgan fingerprint density at radius 2 is 2.13 bits per heavy atom. The Morgan fingerprint density at radius 1 is 1.40 bits per heavy atom. The van der Waals surface area contributed by atoms with Crippen LogP contribution in [0.15, 0.2) is 24.3 Å². The summed E-state index contributed by atoms with van der Waals surface area (Å²) in [5, 5.41) is 2.58. The number of anilines is 1. The van der Waals surface area contributed by atoms with E-state index in [1.165, 1.54) is 0 Å². The van der Waals surface area contributed by atoms with Crippen LogP contribution in [-0.4, -0.2) is 5.91 Å². The monoisotopic (exact) mass is 207 g/mol. The van der Waals surface area contributed by atoms with Crippen LogP contribution in [0.5, 0.6) is 0 Å². The normalized spacial score (nSPS) is 23.7. The first-order valence-corrected chi connectivity index (χ1v) is 5.28. The maximum absolute atomic E-state index is 14.5. The van der Waals surface area contributed by atoms with Gasteiger partial charge in [-0.3, -0.25) is 4.79 Å². The molecule has 0 aliphatic carbocycles. The average molecular weight is 207 g/mol. The van der Waals surface area contributed by atoms with Crippen LogP contribution in [0.3, 0.4) is 0 Å². The molecule has 1 amide bonds. The summed E-state index contributed by atoms with van der Waals surface area (Å²) >= 11 is 0. The maximum Gasteiger partial charge on any atom is 0.266 e. The van der Waals surface area contributed by atoms with Gasteiger partial charge in [-0.2, -0.15) is 0 Å². The van der Waals surface area contributed by atoms with Crippen molar-refractivity contribution in [3.63, 3.8) is 0 Å². The largest absolute Gasteiger partial charge is 0.323 e. The number of nitrogens with one attached hydrogen (secondary N) is 1. The van der Waals surface area contributed by atoms with Gasteiger partial charge in [-0.25, -0.2) is 4.39 Å². The van der Waals surface area contributed by atoms with Gasteiger partial charge < -0.3 is 5.32 Å². The molecule has 0 unspecified atom stereocenters. The van der Waals surface area contributed by atoms with Crippen LogP contribution in [-0.2, 0) is 10.5 Å². The molecule has 1 atom stereocenters. The summed E-state index contributed by atoms with van der Waals surface area (Å²) in [6.45, 7) is 1.99. The molecule has 3 heteroatoms. The number of carbonyl (C=O) groups excluding carboxylic acids is 1. The van der Waals surface area contributed by atoms with Crippen molar-refractivity contribution in [1.82, 2.24) is 0 Å². The second-order valence-corrected chi connectivity index (χ2v) is 3.90. The van der Waals surface area contributed by atoms with Crippen molar-refractivity contribution in [1.29, 1.82) is 0 Å². The standard InChI is InChI=1S/C12H14FNO/c1-2-3-8-12(13)9-6-4-5-7-10(9)14-11(12)15/h4-7H,2-3,8H2,1H3,(H,14,15)/t12-/m1/s1. The third-order valence-electron chi connectivity index (χ3n) is 2.84. The van der Waals surface area contributed by atoms with Crippen LogP contribution >= 0.6 is 0 Å². The first kappa shape index (κ1) is 10.1. The molecule has 0 bridgehead atoms. The number of alkyl halides is 1. The summed E-state index contributed by atoms with van der Waals surface area (Å²) in [7, 11) is 0. The SMILES string of the molecule is CCCC[C@]1(F)C(=O)Nc2ccccc21. The van der Waals surface area contributed by atoms with E-state index < -0.39 is 11.6 Å². The van der Waals surface area contributed by atoms with Gasteiger partial charge in [0.1, 0.15) is 0 Å². The predicted octanol–water partition coefficient (Wildman–Crippen LogP) is 2.99. The molecule has 1 N–H and O–H groups in total. The second kappa shape index (κ2) is 3.65. The van der Waals surface area contributed by atoms with Crippen LogP contribution in [0.2, 0.25) is 0 Å². The van der Waals surface area contributed by atoms with Crippen molar-refractivity contribution in [2.75, 3.05) is 5.32 Å². The lowest BCUT2D eigenvalue weighted by atomic mass is 9.92. The van der Waals surface area contributed by atoms with Gasteiger partial charge in [0.2, 0.25) is 5.67 Å². The van der Waals surface area contributed by atoms with Gasteiger partial charge in [-0.1, -0.05) is 31.5 Å². The Labute approximate surface area is 88.5 Å². The van der Waals surface area contributed by atoms with Gasteiger partial charge in [0, 0.05) is 11.3 Å². The summed E-state index contributed by atoms with van der Waals surface area (Å²) in [5.74, 6) is -0.517. The summed E-state index contributed by atoms with van der Waals surface area (Å²) in [4.78, 5) is 11.6. The van der Waals surface area contributed by atoms with E-state index in [2.05, 4.69) is 5.32 Å². The highest BCUT2D eigenvalue weighted by Gasteiger charge is 2.46. The fourth-order valence-electron chi connectivity index (χ4n) is 1.95. The number of carbonyl (C=O) groups is 1. The van der Waals surface area contributed by atoms with Crippen molar-refractivity contribution in [2.45, 2.75) is 31.9 Å². The summed E-state index contributed by atoms with van der Waals surface area (Å²) in [5.41, 5.74) is -0.711. The van der Waals surface area contributed by atoms with Crippen LogP contribution in [0.1, 0.15) is 31.7 Å². The molecule has 80 valence electrons. The number of amides is 1. The molecule has 0 saturated heterocycles. The van der Waals surface area contributed by atoms with Gasteiger partial charge in [0.05, 0.1) is 0 Å². The molecule has 0 radical (unpaired) electrons. The van der Waals surface area contributed by atoms with Gasteiger partial charge in [0.25, 0.3) is 5.91 Å². The van der Waals surface area contributed by atoms with E-state index >= 15 is 0 Å².